The number of aromatic nitrogens is 3. The normalized spacial score (nSPS) is 16.0. The van der Waals surface area contributed by atoms with E-state index in [0.29, 0.717) is 11.0 Å². The Labute approximate surface area is 108 Å². The Balaban J connectivity index is 1.68. The van der Waals surface area contributed by atoms with Crippen molar-refractivity contribution in [2.24, 2.45) is 0 Å². The van der Waals surface area contributed by atoms with Crippen molar-refractivity contribution in [3.05, 3.63) is 35.9 Å². The molecule has 0 unspecified atom stereocenters. The molecule has 92 valence electrons. The van der Waals surface area contributed by atoms with E-state index < -0.39 is 5.54 Å². The summed E-state index contributed by atoms with van der Waals surface area (Å²) in [5, 5.41) is 7.99. The Kier molecular flexibility index (Phi) is 2.67. The Morgan fingerprint density at radius 3 is 2.61 bits per heavy atom. The van der Waals surface area contributed by atoms with E-state index in [2.05, 4.69) is 25.6 Å². The first kappa shape index (κ1) is 11.1. The number of anilines is 1. The number of carbonyl (C=O) groups is 1. The van der Waals surface area contributed by atoms with Crippen LogP contribution in [-0.4, -0.2) is 21.0 Å². The van der Waals surface area contributed by atoms with Gasteiger partial charge in [-0.1, -0.05) is 0 Å². The first-order chi connectivity index (χ1) is 8.78. The van der Waals surface area contributed by atoms with Crippen LogP contribution < -0.4 is 10.6 Å². The number of hydrogen-bond donors (Lipinski definition) is 2. The Hall–Kier alpha value is -2.02. The summed E-state index contributed by atoms with van der Waals surface area (Å²) < 4.78 is 0. The minimum atomic E-state index is -0.400. The van der Waals surface area contributed by atoms with Gasteiger partial charge in [0.1, 0.15) is 5.54 Å². The Bertz CT molecular complexity index is 538. The van der Waals surface area contributed by atoms with Crippen molar-refractivity contribution in [2.75, 3.05) is 5.32 Å². The van der Waals surface area contributed by atoms with Crippen LogP contribution in [0.25, 0.3) is 0 Å². The predicted molar refractivity (Wildman–Crippen MR) is 67.2 cm³/mol. The van der Waals surface area contributed by atoms with Crippen LogP contribution in [0, 0.1) is 0 Å². The van der Waals surface area contributed by atoms with E-state index >= 15 is 0 Å². The number of rotatable bonds is 3. The van der Waals surface area contributed by atoms with Gasteiger partial charge in [0, 0.05) is 24.0 Å². The molecule has 3 rings (SSSR count). The lowest BCUT2D eigenvalue weighted by atomic mass is 10.2. The van der Waals surface area contributed by atoms with E-state index in [4.69, 9.17) is 0 Å². The van der Waals surface area contributed by atoms with Crippen LogP contribution in [0.4, 0.5) is 9.93 Å². The molecule has 0 radical (unpaired) electrons. The highest BCUT2D eigenvalue weighted by Gasteiger charge is 2.48. The summed E-state index contributed by atoms with van der Waals surface area (Å²) in [7, 11) is 0. The van der Waals surface area contributed by atoms with Gasteiger partial charge in [0.25, 0.3) is 0 Å². The molecule has 1 saturated carbocycles. The summed E-state index contributed by atoms with van der Waals surface area (Å²) in [6, 6.07) is 1.49. The zero-order valence-corrected chi connectivity index (χ0v) is 10.3. The Morgan fingerprint density at radius 1 is 1.22 bits per heavy atom. The van der Waals surface area contributed by atoms with E-state index in [9.17, 15) is 4.79 Å². The third kappa shape index (κ3) is 2.17. The van der Waals surface area contributed by atoms with Crippen LogP contribution in [-0.2, 0) is 5.54 Å². The summed E-state index contributed by atoms with van der Waals surface area (Å²) in [5.74, 6) is 0.666. The van der Waals surface area contributed by atoms with Crippen molar-refractivity contribution in [1.29, 1.82) is 0 Å². The van der Waals surface area contributed by atoms with Crippen molar-refractivity contribution < 1.29 is 4.79 Å². The van der Waals surface area contributed by atoms with Gasteiger partial charge in [-0.2, -0.15) is 0 Å². The number of nitrogens with one attached hydrogen (secondary N) is 2. The summed E-state index contributed by atoms with van der Waals surface area (Å²) in [6.07, 6.45) is 6.74. The van der Waals surface area contributed by atoms with Crippen molar-refractivity contribution in [3.8, 4) is 0 Å². The fourth-order valence-corrected chi connectivity index (χ4v) is 2.23. The van der Waals surface area contributed by atoms with Gasteiger partial charge < -0.3 is 5.32 Å². The number of thiazole rings is 1. The number of hydrogen-bond acceptors (Lipinski definition) is 5. The topological polar surface area (TPSA) is 79.8 Å². The number of carbonyl (C=O) groups excluding carboxylic acids is 1. The first-order valence-electron chi connectivity index (χ1n) is 5.55. The smallest absolute Gasteiger partial charge is 0.321 e. The zero-order chi connectivity index (χ0) is 12.4. The molecule has 1 aliphatic rings. The van der Waals surface area contributed by atoms with Gasteiger partial charge in [-0.05, 0) is 18.9 Å². The molecule has 0 atom stereocenters. The lowest BCUT2D eigenvalue weighted by molar-refractivity contribution is 0.246. The van der Waals surface area contributed by atoms with Crippen LogP contribution in [0.2, 0.25) is 0 Å². The minimum Gasteiger partial charge on any atom is -0.325 e. The molecule has 1 aliphatic carbocycles. The third-order valence-electron chi connectivity index (χ3n) is 2.75. The molecule has 0 aromatic carbocycles. The zero-order valence-electron chi connectivity index (χ0n) is 9.46. The molecule has 2 N–H and O–H groups in total. The van der Waals surface area contributed by atoms with E-state index in [-0.39, 0.29) is 6.03 Å². The predicted octanol–water partition coefficient (Wildman–Crippen LogP) is 1.74. The fourth-order valence-electron chi connectivity index (χ4n) is 1.71. The SMILES string of the molecule is O=C(Nc1nccs1)NC1(c2ncccn2)CC1. The Morgan fingerprint density at radius 2 is 2.00 bits per heavy atom. The summed E-state index contributed by atoms with van der Waals surface area (Å²) in [6.45, 7) is 0. The molecule has 2 heterocycles. The molecule has 0 spiro atoms. The van der Waals surface area contributed by atoms with E-state index in [1.807, 2.05) is 5.38 Å². The second kappa shape index (κ2) is 4.34. The highest BCUT2D eigenvalue weighted by molar-refractivity contribution is 7.13. The fraction of sp³-hybridized carbons (Fsp3) is 0.273. The van der Waals surface area contributed by atoms with Crippen molar-refractivity contribution >= 4 is 22.5 Å². The van der Waals surface area contributed by atoms with Gasteiger partial charge in [-0.25, -0.2) is 19.7 Å². The van der Waals surface area contributed by atoms with Crippen molar-refractivity contribution in [3.63, 3.8) is 0 Å². The summed E-state index contributed by atoms with van der Waals surface area (Å²) >= 11 is 1.38. The second-order valence-electron chi connectivity index (χ2n) is 4.07. The van der Waals surface area contributed by atoms with Crippen LogP contribution >= 0.6 is 11.3 Å². The lowest BCUT2D eigenvalue weighted by Crippen LogP contribution is -2.39. The molecule has 18 heavy (non-hydrogen) atoms. The number of urea groups is 1. The van der Waals surface area contributed by atoms with E-state index in [1.165, 1.54) is 11.3 Å². The molecular weight excluding hydrogens is 250 g/mol. The van der Waals surface area contributed by atoms with Crippen LogP contribution in [0.5, 0.6) is 0 Å². The maximum Gasteiger partial charge on any atom is 0.321 e. The average molecular weight is 261 g/mol. The van der Waals surface area contributed by atoms with Crippen LogP contribution in [0.3, 0.4) is 0 Å². The average Bonchev–Trinajstić information content (AvgIpc) is 2.98. The van der Waals surface area contributed by atoms with Gasteiger partial charge in [0.05, 0.1) is 0 Å². The summed E-state index contributed by atoms with van der Waals surface area (Å²) in [5.41, 5.74) is -0.400. The van der Waals surface area contributed by atoms with Gasteiger partial charge in [0.15, 0.2) is 11.0 Å². The minimum absolute atomic E-state index is 0.269. The monoisotopic (exact) mass is 261 g/mol. The maximum atomic E-state index is 11.8. The molecule has 0 aliphatic heterocycles. The molecule has 0 saturated heterocycles. The van der Waals surface area contributed by atoms with Crippen LogP contribution in [0.15, 0.2) is 30.0 Å². The van der Waals surface area contributed by atoms with E-state index in [1.54, 1.807) is 24.7 Å². The highest BCUT2D eigenvalue weighted by atomic mass is 32.1. The largest absolute Gasteiger partial charge is 0.325 e. The first-order valence-corrected chi connectivity index (χ1v) is 6.43. The van der Waals surface area contributed by atoms with Gasteiger partial charge in [0.2, 0.25) is 0 Å². The van der Waals surface area contributed by atoms with Crippen molar-refractivity contribution in [2.45, 2.75) is 18.4 Å². The standard InChI is InChI=1S/C11H11N5OS/c17-9(15-10-14-6-7-18-10)16-11(2-3-11)8-12-4-1-5-13-8/h1,4-7H,2-3H2,(H2,14,15,16,17). The van der Waals surface area contributed by atoms with Crippen molar-refractivity contribution in [1.82, 2.24) is 20.3 Å². The van der Waals surface area contributed by atoms with Gasteiger partial charge in [-0.15, -0.1) is 11.3 Å². The maximum absolute atomic E-state index is 11.8. The number of amides is 2. The quantitative estimate of drug-likeness (QED) is 0.882. The molecule has 6 nitrogen and oxygen atoms in total. The summed E-state index contributed by atoms with van der Waals surface area (Å²) in [4.78, 5) is 24.2. The number of nitrogens with zero attached hydrogens (tertiary/aromatic N) is 3. The van der Waals surface area contributed by atoms with Gasteiger partial charge in [-0.3, -0.25) is 5.32 Å². The third-order valence-corrected chi connectivity index (χ3v) is 3.44. The molecule has 7 heteroatoms. The highest BCUT2D eigenvalue weighted by Crippen LogP contribution is 2.43. The lowest BCUT2D eigenvalue weighted by Gasteiger charge is -2.15. The van der Waals surface area contributed by atoms with Gasteiger partial charge >= 0.3 is 6.03 Å². The molecular formula is C11H11N5OS. The van der Waals surface area contributed by atoms with E-state index in [0.717, 1.165) is 12.8 Å². The molecule has 1 fully saturated rings. The molecule has 2 aromatic rings. The molecule has 2 aromatic heterocycles. The molecule has 2 amide bonds. The molecule has 0 bridgehead atoms. The van der Waals surface area contributed by atoms with Crippen LogP contribution in [0.1, 0.15) is 18.7 Å². The second-order valence-corrected chi connectivity index (χ2v) is 4.97.